The maximum absolute atomic E-state index is 11.9. The molecule has 0 unspecified atom stereocenters. The normalized spacial score (nSPS) is 11.5. The van der Waals surface area contributed by atoms with Gasteiger partial charge in [-0.1, -0.05) is 17.2 Å². The molecule has 1 aromatic carbocycles. The van der Waals surface area contributed by atoms with Crippen LogP contribution in [0.25, 0.3) is 0 Å². The molecule has 2 N–H and O–H groups in total. The molecule has 1 atom stereocenters. The molecular formula is C16H22N2O4. The van der Waals surface area contributed by atoms with Gasteiger partial charge in [0.15, 0.2) is 6.61 Å². The minimum atomic E-state index is -0.674. The van der Waals surface area contributed by atoms with E-state index in [2.05, 4.69) is 10.6 Å². The molecular weight excluding hydrogens is 284 g/mol. The van der Waals surface area contributed by atoms with Gasteiger partial charge in [-0.25, -0.2) is 4.79 Å². The van der Waals surface area contributed by atoms with Gasteiger partial charge in [0.25, 0.3) is 5.91 Å². The third-order valence-electron chi connectivity index (χ3n) is 2.91. The molecule has 0 radical (unpaired) electrons. The molecule has 6 heteroatoms. The van der Waals surface area contributed by atoms with Gasteiger partial charge in [-0.3, -0.25) is 9.59 Å². The van der Waals surface area contributed by atoms with Crippen molar-refractivity contribution in [2.75, 3.05) is 13.2 Å². The van der Waals surface area contributed by atoms with Crippen LogP contribution in [-0.4, -0.2) is 37.0 Å². The smallest absolute Gasteiger partial charge is 0.338 e. The summed E-state index contributed by atoms with van der Waals surface area (Å²) < 4.78 is 4.96. The van der Waals surface area contributed by atoms with E-state index in [9.17, 15) is 14.4 Å². The Labute approximate surface area is 130 Å². The number of nitrogens with one attached hydrogen (secondary N) is 2. The Hall–Kier alpha value is -2.37. The Morgan fingerprint density at radius 1 is 1.14 bits per heavy atom. The maximum atomic E-state index is 11.9. The van der Waals surface area contributed by atoms with Crippen LogP contribution in [0.15, 0.2) is 18.2 Å². The lowest BCUT2D eigenvalue weighted by Crippen LogP contribution is -2.46. The summed E-state index contributed by atoms with van der Waals surface area (Å²) in [6, 6.07) is 4.67. The Bertz CT molecular complexity index is 549. The number of likely N-dealkylation sites (N-methyl/N-ethyl adjacent to an activating group) is 1. The molecule has 120 valence electrons. The fourth-order valence-electron chi connectivity index (χ4n) is 1.98. The van der Waals surface area contributed by atoms with E-state index in [0.29, 0.717) is 12.1 Å². The van der Waals surface area contributed by atoms with Gasteiger partial charge >= 0.3 is 5.97 Å². The molecule has 1 aromatic rings. The predicted octanol–water partition coefficient (Wildman–Crippen LogP) is 1.10. The highest BCUT2D eigenvalue weighted by atomic mass is 16.5. The van der Waals surface area contributed by atoms with E-state index >= 15 is 0 Å². The first-order valence-electron chi connectivity index (χ1n) is 7.16. The van der Waals surface area contributed by atoms with E-state index in [1.807, 2.05) is 19.9 Å². The molecule has 0 saturated carbocycles. The summed E-state index contributed by atoms with van der Waals surface area (Å²) in [7, 11) is 0. The van der Waals surface area contributed by atoms with Crippen LogP contribution in [0.4, 0.5) is 0 Å². The minimum absolute atomic E-state index is 0.281. The molecule has 0 aliphatic carbocycles. The number of hydrogen-bond donors (Lipinski definition) is 2. The van der Waals surface area contributed by atoms with E-state index in [1.165, 1.54) is 0 Å². The second-order valence-electron chi connectivity index (χ2n) is 5.14. The summed E-state index contributed by atoms with van der Waals surface area (Å²) in [5.41, 5.74) is 2.30. The minimum Gasteiger partial charge on any atom is -0.452 e. The number of carbonyl (C=O) groups excluding carboxylic acids is 3. The number of aryl methyl sites for hydroxylation is 2. The first-order chi connectivity index (χ1) is 10.3. The molecule has 2 amide bonds. The van der Waals surface area contributed by atoms with Crippen molar-refractivity contribution in [2.24, 2.45) is 0 Å². The average Bonchev–Trinajstić information content (AvgIpc) is 2.43. The Balaban J connectivity index is 2.50. The van der Waals surface area contributed by atoms with E-state index in [0.717, 1.165) is 11.1 Å². The number of esters is 1. The zero-order valence-corrected chi connectivity index (χ0v) is 13.4. The van der Waals surface area contributed by atoms with Crippen molar-refractivity contribution in [1.82, 2.24) is 10.6 Å². The summed E-state index contributed by atoms with van der Waals surface area (Å²) in [4.78, 5) is 35.0. The summed E-state index contributed by atoms with van der Waals surface area (Å²) in [5, 5.41) is 5.06. The van der Waals surface area contributed by atoms with Gasteiger partial charge in [0.05, 0.1) is 5.56 Å². The van der Waals surface area contributed by atoms with Crippen molar-refractivity contribution in [2.45, 2.75) is 33.7 Å². The van der Waals surface area contributed by atoms with E-state index in [-0.39, 0.29) is 5.91 Å². The fraction of sp³-hybridized carbons (Fsp3) is 0.438. The third kappa shape index (κ3) is 5.55. The number of ether oxygens (including phenoxy) is 1. The lowest BCUT2D eigenvalue weighted by Gasteiger charge is -2.13. The van der Waals surface area contributed by atoms with E-state index in [4.69, 9.17) is 4.74 Å². The quantitative estimate of drug-likeness (QED) is 0.771. The molecule has 0 aliphatic rings. The fourth-order valence-corrected chi connectivity index (χ4v) is 1.98. The molecule has 0 fully saturated rings. The van der Waals surface area contributed by atoms with Crippen LogP contribution >= 0.6 is 0 Å². The van der Waals surface area contributed by atoms with Gasteiger partial charge in [-0.2, -0.15) is 0 Å². The van der Waals surface area contributed by atoms with E-state index in [1.54, 1.807) is 26.0 Å². The van der Waals surface area contributed by atoms with Crippen LogP contribution in [0.1, 0.15) is 35.3 Å². The zero-order chi connectivity index (χ0) is 16.7. The molecule has 0 aromatic heterocycles. The number of amides is 2. The van der Waals surface area contributed by atoms with Gasteiger partial charge < -0.3 is 15.4 Å². The van der Waals surface area contributed by atoms with Gasteiger partial charge in [0.2, 0.25) is 5.91 Å². The summed E-state index contributed by atoms with van der Waals surface area (Å²) >= 11 is 0. The molecule has 22 heavy (non-hydrogen) atoms. The molecule has 0 heterocycles. The van der Waals surface area contributed by atoms with Crippen molar-refractivity contribution in [3.63, 3.8) is 0 Å². The average molecular weight is 306 g/mol. The maximum Gasteiger partial charge on any atom is 0.338 e. The molecule has 0 aliphatic heterocycles. The SMILES string of the molecule is CCNC(=O)[C@H](C)NC(=O)COC(=O)c1cc(C)cc(C)c1. The molecule has 0 bridgehead atoms. The molecule has 1 rings (SSSR count). The zero-order valence-electron chi connectivity index (χ0n) is 13.4. The second kappa shape index (κ2) is 8.17. The standard InChI is InChI=1S/C16H22N2O4/c1-5-17-15(20)12(4)18-14(19)9-22-16(21)13-7-10(2)6-11(3)8-13/h6-8,12H,5,9H2,1-4H3,(H,17,20)(H,18,19)/t12-/m0/s1. The molecule has 0 spiro atoms. The van der Waals surface area contributed by atoms with Crippen LogP contribution in [0.5, 0.6) is 0 Å². The summed E-state index contributed by atoms with van der Waals surface area (Å²) in [5.74, 6) is -1.36. The number of benzene rings is 1. The van der Waals surface area contributed by atoms with Crippen LogP contribution in [0.2, 0.25) is 0 Å². The van der Waals surface area contributed by atoms with Gasteiger partial charge in [0.1, 0.15) is 6.04 Å². The lowest BCUT2D eigenvalue weighted by atomic mass is 10.1. The highest BCUT2D eigenvalue weighted by Gasteiger charge is 2.16. The van der Waals surface area contributed by atoms with Gasteiger partial charge in [-0.05, 0) is 39.8 Å². The van der Waals surface area contributed by atoms with Crippen molar-refractivity contribution in [3.8, 4) is 0 Å². The monoisotopic (exact) mass is 306 g/mol. The Morgan fingerprint density at radius 2 is 1.73 bits per heavy atom. The Kier molecular flexibility index (Phi) is 6.56. The van der Waals surface area contributed by atoms with Gasteiger partial charge in [-0.15, -0.1) is 0 Å². The van der Waals surface area contributed by atoms with Crippen molar-refractivity contribution in [1.29, 1.82) is 0 Å². The van der Waals surface area contributed by atoms with Crippen LogP contribution in [-0.2, 0) is 14.3 Å². The van der Waals surface area contributed by atoms with Crippen molar-refractivity contribution < 1.29 is 19.1 Å². The third-order valence-corrected chi connectivity index (χ3v) is 2.91. The van der Waals surface area contributed by atoms with Crippen LogP contribution in [0, 0.1) is 13.8 Å². The largest absolute Gasteiger partial charge is 0.452 e. The van der Waals surface area contributed by atoms with Crippen molar-refractivity contribution in [3.05, 3.63) is 34.9 Å². The lowest BCUT2D eigenvalue weighted by molar-refractivity contribution is -0.130. The second-order valence-corrected chi connectivity index (χ2v) is 5.14. The number of hydrogen-bond acceptors (Lipinski definition) is 4. The van der Waals surface area contributed by atoms with Crippen molar-refractivity contribution >= 4 is 17.8 Å². The Morgan fingerprint density at radius 3 is 2.27 bits per heavy atom. The predicted molar refractivity (Wildman–Crippen MR) is 82.5 cm³/mol. The van der Waals surface area contributed by atoms with Crippen LogP contribution < -0.4 is 10.6 Å². The highest BCUT2D eigenvalue weighted by molar-refractivity contribution is 5.92. The van der Waals surface area contributed by atoms with E-state index < -0.39 is 24.5 Å². The summed E-state index contributed by atoms with van der Waals surface area (Å²) in [6.45, 7) is 7.18. The molecule has 0 saturated heterocycles. The van der Waals surface area contributed by atoms with Gasteiger partial charge in [0, 0.05) is 6.54 Å². The first kappa shape index (κ1) is 17.7. The highest BCUT2D eigenvalue weighted by Crippen LogP contribution is 2.10. The first-order valence-corrected chi connectivity index (χ1v) is 7.16. The summed E-state index contributed by atoms with van der Waals surface area (Å²) in [6.07, 6.45) is 0. The topological polar surface area (TPSA) is 84.5 Å². The van der Waals surface area contributed by atoms with Crippen LogP contribution in [0.3, 0.4) is 0 Å². The number of carbonyl (C=O) groups is 3. The number of rotatable bonds is 6. The molecule has 6 nitrogen and oxygen atoms in total.